The van der Waals surface area contributed by atoms with Gasteiger partial charge in [-0.05, 0) is 94.0 Å². The topological polar surface area (TPSA) is 127 Å². The molecule has 11 nitrogen and oxygen atoms in total. The fourth-order valence-corrected chi connectivity index (χ4v) is 6.28. The van der Waals surface area contributed by atoms with Gasteiger partial charge >= 0.3 is 11.9 Å². The average molecular weight is 837 g/mol. The van der Waals surface area contributed by atoms with Crippen molar-refractivity contribution in [1.82, 2.24) is 10.6 Å². The molecule has 3 rings (SSSR count). The Bertz CT molecular complexity index is 1880. The van der Waals surface area contributed by atoms with Crippen LogP contribution >= 0.6 is 23.2 Å². The van der Waals surface area contributed by atoms with Crippen molar-refractivity contribution in [1.29, 1.82) is 0 Å². The maximum Gasteiger partial charge on any atom is 0.338 e. The number of hydrogen-bond acceptors (Lipinski definition) is 9. The second-order valence-corrected chi connectivity index (χ2v) is 16.8. The summed E-state index contributed by atoms with van der Waals surface area (Å²) in [6.07, 6.45) is 0.315. The standard InChI is InChI=1S/C42H54Cl2F2N4O7/c1-25(47-24-57-42(5,6)7)39(52)55-18-19-56-40(53)27-14-17-32(35(21-27)54-10)49-38(51)33(20-26-12-11-13-30(44)36(26)46)48-34(23-41(2,3)4)37(50(8)9)29-16-15-28(43)22-31(29)45/h11-17,21-22,25,33-34,37,47-48H,8,18-20,23-24H2,1-7,9-10H3/p+1. The number of esters is 2. The van der Waals surface area contributed by atoms with Crippen LogP contribution in [0, 0.1) is 17.0 Å². The quantitative estimate of drug-likeness (QED) is 0.0365. The van der Waals surface area contributed by atoms with Gasteiger partial charge in [0.1, 0.15) is 50.4 Å². The van der Waals surface area contributed by atoms with E-state index < -0.39 is 53.6 Å². The molecule has 15 heteroatoms. The molecule has 0 aliphatic rings. The normalized spacial score (nSPS) is 13.9. The van der Waals surface area contributed by atoms with Crippen LogP contribution in [-0.2, 0) is 30.2 Å². The molecule has 0 radical (unpaired) electrons. The minimum atomic E-state index is -1.09. The van der Waals surface area contributed by atoms with Crippen molar-refractivity contribution in [3.8, 4) is 5.75 Å². The maximum absolute atomic E-state index is 15.5. The number of hydrogen-bond donors (Lipinski definition) is 3. The first-order valence-electron chi connectivity index (χ1n) is 18.5. The van der Waals surface area contributed by atoms with Gasteiger partial charge in [0, 0.05) is 5.02 Å². The highest BCUT2D eigenvalue weighted by Crippen LogP contribution is 2.33. The lowest BCUT2D eigenvalue weighted by molar-refractivity contribution is -0.542. The number of methoxy groups -OCH3 is 1. The third-order valence-electron chi connectivity index (χ3n) is 8.66. The van der Waals surface area contributed by atoms with Gasteiger partial charge in [-0.2, -0.15) is 0 Å². The molecular weight excluding hydrogens is 781 g/mol. The van der Waals surface area contributed by atoms with Crippen LogP contribution < -0.4 is 20.7 Å². The summed E-state index contributed by atoms with van der Waals surface area (Å²) in [5.74, 6) is -2.90. The fourth-order valence-electron chi connectivity index (χ4n) is 5.93. The summed E-state index contributed by atoms with van der Waals surface area (Å²) >= 11 is 12.2. The van der Waals surface area contributed by atoms with Gasteiger partial charge in [-0.25, -0.2) is 18.2 Å². The first-order chi connectivity index (χ1) is 26.6. The molecule has 0 aromatic heterocycles. The smallest absolute Gasteiger partial charge is 0.338 e. The van der Waals surface area contributed by atoms with Crippen molar-refractivity contribution < 1.29 is 46.7 Å². The van der Waals surface area contributed by atoms with Crippen LogP contribution in [0.4, 0.5) is 14.5 Å². The van der Waals surface area contributed by atoms with E-state index in [4.69, 9.17) is 42.1 Å². The lowest BCUT2D eigenvalue weighted by Gasteiger charge is -2.33. The molecule has 0 bridgehead atoms. The predicted molar refractivity (Wildman–Crippen MR) is 219 cm³/mol. The Hall–Kier alpha value is -4.14. The summed E-state index contributed by atoms with van der Waals surface area (Å²) in [5, 5.41) is 9.29. The van der Waals surface area contributed by atoms with Crippen molar-refractivity contribution in [2.24, 2.45) is 5.41 Å². The zero-order valence-corrected chi connectivity index (χ0v) is 35.6. The summed E-state index contributed by atoms with van der Waals surface area (Å²) in [7, 11) is 3.07. The van der Waals surface area contributed by atoms with Crippen molar-refractivity contribution >= 4 is 53.5 Å². The van der Waals surface area contributed by atoms with Gasteiger partial charge in [-0.1, -0.05) is 56.1 Å². The Kier molecular flexibility index (Phi) is 17.4. The predicted octanol–water partition coefficient (Wildman–Crippen LogP) is 7.76. The van der Waals surface area contributed by atoms with Crippen LogP contribution in [0.25, 0.3) is 0 Å². The molecular formula is C42H55Cl2F2N4O7+. The molecule has 3 aromatic carbocycles. The Morgan fingerprint density at radius 3 is 2.25 bits per heavy atom. The highest BCUT2D eigenvalue weighted by molar-refractivity contribution is 6.31. The van der Waals surface area contributed by atoms with Gasteiger partial charge in [-0.15, -0.1) is 0 Å². The zero-order valence-electron chi connectivity index (χ0n) is 34.1. The van der Waals surface area contributed by atoms with E-state index in [0.717, 1.165) is 0 Å². The average Bonchev–Trinajstić information content (AvgIpc) is 3.11. The van der Waals surface area contributed by atoms with Gasteiger partial charge in [-0.3, -0.25) is 20.2 Å². The molecule has 0 fully saturated rings. The summed E-state index contributed by atoms with van der Waals surface area (Å²) in [4.78, 5) is 39.5. The molecule has 1 amide bonds. The minimum Gasteiger partial charge on any atom is -0.495 e. The van der Waals surface area contributed by atoms with E-state index in [1.165, 1.54) is 43.5 Å². The number of halogens is 4. The van der Waals surface area contributed by atoms with E-state index in [1.54, 1.807) is 36.7 Å². The number of nitrogens with one attached hydrogen (secondary N) is 3. The van der Waals surface area contributed by atoms with Crippen LogP contribution in [0.2, 0.25) is 10.0 Å². The SMILES string of the molecule is C=[N+](C)C(c1ccc(Cl)cc1F)C(CC(C)(C)C)NC(Cc1cccc(Cl)c1F)C(=O)Nc1ccc(C(=O)OCCOC(=O)C(C)NCOC(C)(C)C)cc1OC. The van der Waals surface area contributed by atoms with E-state index in [-0.39, 0.29) is 70.0 Å². The molecule has 0 aliphatic heterocycles. The minimum absolute atomic E-state index is 0.105. The number of ether oxygens (including phenoxy) is 4. The second-order valence-electron chi connectivity index (χ2n) is 15.9. The van der Waals surface area contributed by atoms with Crippen molar-refractivity contribution in [2.45, 2.75) is 91.1 Å². The first-order valence-corrected chi connectivity index (χ1v) is 19.2. The third kappa shape index (κ3) is 15.0. The number of benzene rings is 3. The number of carbonyl (C=O) groups is 3. The zero-order chi connectivity index (χ0) is 42.7. The van der Waals surface area contributed by atoms with Gasteiger partial charge in [0.25, 0.3) is 0 Å². The van der Waals surface area contributed by atoms with Gasteiger partial charge in [0.2, 0.25) is 5.91 Å². The largest absolute Gasteiger partial charge is 0.495 e. The Morgan fingerprint density at radius 1 is 0.947 bits per heavy atom. The maximum atomic E-state index is 15.5. The Balaban J connectivity index is 1.83. The van der Waals surface area contributed by atoms with Gasteiger partial charge in [0.05, 0.1) is 53.4 Å². The van der Waals surface area contributed by atoms with E-state index >= 15 is 8.78 Å². The van der Waals surface area contributed by atoms with E-state index in [1.807, 2.05) is 41.5 Å². The summed E-state index contributed by atoms with van der Waals surface area (Å²) in [6.45, 7) is 17.2. The lowest BCUT2D eigenvalue weighted by Crippen LogP contribution is -2.52. The molecule has 312 valence electrons. The highest BCUT2D eigenvalue weighted by Gasteiger charge is 2.38. The molecule has 4 atom stereocenters. The van der Waals surface area contributed by atoms with Crippen LogP contribution in [0.3, 0.4) is 0 Å². The third-order valence-corrected chi connectivity index (χ3v) is 9.19. The molecule has 0 spiro atoms. The summed E-state index contributed by atoms with van der Waals surface area (Å²) < 4.78 is 54.0. The van der Waals surface area contributed by atoms with E-state index in [9.17, 15) is 14.4 Å². The number of carbonyl (C=O) groups excluding carboxylic acids is 3. The summed E-state index contributed by atoms with van der Waals surface area (Å²) in [6, 6.07) is 10.2. The van der Waals surface area contributed by atoms with E-state index in [2.05, 4.69) is 22.7 Å². The van der Waals surface area contributed by atoms with Crippen molar-refractivity contribution in [3.63, 3.8) is 0 Å². The van der Waals surface area contributed by atoms with Crippen LogP contribution in [0.1, 0.15) is 82.4 Å². The number of anilines is 1. The highest BCUT2D eigenvalue weighted by atomic mass is 35.5. The number of nitrogens with zero attached hydrogens (tertiary/aromatic N) is 1. The molecule has 4 unspecified atom stereocenters. The Labute approximate surface area is 344 Å². The van der Waals surface area contributed by atoms with Crippen molar-refractivity contribution in [3.05, 3.63) is 93.0 Å². The number of rotatable bonds is 19. The number of amides is 1. The van der Waals surface area contributed by atoms with Crippen LogP contribution in [-0.4, -0.2) is 87.0 Å². The second kappa shape index (κ2) is 21.0. The fraction of sp³-hybridized carbons (Fsp3) is 0.476. The summed E-state index contributed by atoms with van der Waals surface area (Å²) in [5.41, 5.74) is 0.118. The van der Waals surface area contributed by atoms with Gasteiger partial charge < -0.3 is 24.3 Å². The van der Waals surface area contributed by atoms with Gasteiger partial charge in [0.15, 0.2) is 6.04 Å². The molecule has 0 aliphatic carbocycles. The molecule has 57 heavy (non-hydrogen) atoms. The molecule has 0 heterocycles. The molecule has 0 saturated carbocycles. The molecule has 3 aromatic rings. The lowest BCUT2D eigenvalue weighted by atomic mass is 9.82. The number of likely N-dealkylation sites (N-methyl/N-ethyl adjacent to an activating group) is 1. The van der Waals surface area contributed by atoms with E-state index in [0.29, 0.717) is 12.0 Å². The van der Waals surface area contributed by atoms with Crippen LogP contribution in [0.5, 0.6) is 5.75 Å². The molecule has 0 saturated heterocycles. The Morgan fingerprint density at radius 2 is 1.63 bits per heavy atom. The van der Waals surface area contributed by atoms with Crippen molar-refractivity contribution in [2.75, 3.05) is 39.4 Å². The monoisotopic (exact) mass is 835 g/mol. The first kappa shape index (κ1) is 47.2. The molecule has 3 N–H and O–H groups in total. The van der Waals surface area contributed by atoms with Crippen LogP contribution in [0.15, 0.2) is 54.6 Å².